The molecule has 1 amide bonds. The van der Waals surface area contributed by atoms with Gasteiger partial charge in [0.05, 0.1) is 17.2 Å². The van der Waals surface area contributed by atoms with Gasteiger partial charge in [0, 0.05) is 19.1 Å². The number of benzene rings is 1. The molecule has 0 bridgehead atoms. The fourth-order valence-corrected chi connectivity index (χ4v) is 3.82. The van der Waals surface area contributed by atoms with Crippen molar-refractivity contribution < 1.29 is 26.2 Å². The highest BCUT2D eigenvalue weighted by Gasteiger charge is 2.29. The molecule has 2 rings (SSSR count). The molecule has 0 spiro atoms. The molecule has 1 aliphatic rings. The van der Waals surface area contributed by atoms with Crippen LogP contribution in [0.25, 0.3) is 0 Å². The lowest BCUT2D eigenvalue weighted by Crippen LogP contribution is -2.46. The molecule has 0 atom stereocenters. The monoisotopic (exact) mass is 403 g/mol. The molecule has 1 aromatic rings. The van der Waals surface area contributed by atoms with Gasteiger partial charge < -0.3 is 5.32 Å². The number of nitrogens with zero attached hydrogens (tertiary/aromatic N) is 2. The topological polar surface area (TPSA) is 145 Å². The van der Waals surface area contributed by atoms with E-state index in [-0.39, 0.29) is 23.3 Å². The van der Waals surface area contributed by atoms with Crippen LogP contribution in [0.4, 0.5) is 0 Å². The molecule has 1 heterocycles. The number of nitriles is 1. The number of piperidine rings is 1. The van der Waals surface area contributed by atoms with Crippen LogP contribution in [0, 0.1) is 11.3 Å². The van der Waals surface area contributed by atoms with Gasteiger partial charge in [-0.2, -0.15) is 18.0 Å². The normalized spacial score (nSPS) is 16.0. The average molecular weight is 403 g/mol. The van der Waals surface area contributed by atoms with Crippen molar-refractivity contribution in [3.8, 4) is 6.07 Å². The van der Waals surface area contributed by atoms with E-state index in [0.29, 0.717) is 32.2 Å². The number of hydrogen-bond donors (Lipinski definition) is 2. The van der Waals surface area contributed by atoms with Crippen molar-refractivity contribution in [1.29, 1.82) is 5.26 Å². The Hall–Kier alpha value is -2.00. The van der Waals surface area contributed by atoms with Gasteiger partial charge in [0.1, 0.15) is 6.42 Å². The lowest BCUT2D eigenvalue weighted by molar-refractivity contribution is -0.121. The largest absolute Gasteiger partial charge is 0.352 e. The van der Waals surface area contributed by atoms with Crippen molar-refractivity contribution in [2.45, 2.75) is 30.2 Å². The molecular weight excluding hydrogens is 382 g/mol. The number of sulfonamides is 1. The second kappa shape index (κ2) is 9.63. The van der Waals surface area contributed by atoms with E-state index in [9.17, 15) is 21.6 Å². The maximum absolute atomic E-state index is 12.4. The maximum Gasteiger partial charge on any atom is 0.261 e. The maximum atomic E-state index is 12.4. The van der Waals surface area contributed by atoms with E-state index in [0.717, 1.165) is 0 Å². The number of carbonyl (C=O) groups excluding carboxylic acids is 1. The summed E-state index contributed by atoms with van der Waals surface area (Å²) in [5, 5.41) is 11.2. The molecule has 1 aliphatic heterocycles. The minimum Gasteiger partial charge on any atom is -0.352 e. The molecule has 144 valence electrons. The minimum atomic E-state index is -3.67. The third kappa shape index (κ3) is 7.92. The van der Waals surface area contributed by atoms with Crippen LogP contribution in [0.15, 0.2) is 35.2 Å². The number of amides is 1. The average Bonchev–Trinajstić information content (AvgIpc) is 2.55. The summed E-state index contributed by atoms with van der Waals surface area (Å²) in [7, 11) is -7.12. The van der Waals surface area contributed by atoms with E-state index < -0.39 is 20.1 Å². The van der Waals surface area contributed by atoms with E-state index in [1.165, 1.54) is 4.31 Å². The SMILES string of the molecule is CS(=O)(=O)O.N#CCC(=O)NC1CCN(S(=O)(=O)c2ccccc2)CC1. The van der Waals surface area contributed by atoms with E-state index in [1.807, 2.05) is 0 Å². The van der Waals surface area contributed by atoms with Gasteiger partial charge in [-0.1, -0.05) is 18.2 Å². The zero-order valence-corrected chi connectivity index (χ0v) is 15.8. The van der Waals surface area contributed by atoms with Crippen molar-refractivity contribution >= 4 is 26.0 Å². The minimum absolute atomic E-state index is 0.0620. The lowest BCUT2D eigenvalue weighted by Gasteiger charge is -2.31. The highest BCUT2D eigenvalue weighted by Crippen LogP contribution is 2.20. The molecule has 0 saturated carbocycles. The fourth-order valence-electron chi connectivity index (χ4n) is 2.33. The molecule has 11 heteroatoms. The first-order valence-electron chi connectivity index (χ1n) is 7.68. The fraction of sp³-hybridized carbons (Fsp3) is 0.467. The summed E-state index contributed by atoms with van der Waals surface area (Å²) in [6.45, 7) is 0.740. The van der Waals surface area contributed by atoms with Gasteiger partial charge >= 0.3 is 0 Å². The van der Waals surface area contributed by atoms with Crippen molar-refractivity contribution in [2.75, 3.05) is 19.3 Å². The quantitative estimate of drug-likeness (QED) is 0.691. The Bertz CT molecular complexity index is 831. The zero-order valence-electron chi connectivity index (χ0n) is 14.2. The van der Waals surface area contributed by atoms with E-state index in [4.69, 9.17) is 9.81 Å². The van der Waals surface area contributed by atoms with Crippen LogP contribution < -0.4 is 5.32 Å². The smallest absolute Gasteiger partial charge is 0.261 e. The Balaban J connectivity index is 0.000000597. The summed E-state index contributed by atoms with van der Waals surface area (Å²) < 4.78 is 52.1. The highest BCUT2D eigenvalue weighted by molar-refractivity contribution is 7.89. The number of rotatable bonds is 4. The van der Waals surface area contributed by atoms with Crippen LogP contribution in [-0.4, -0.2) is 57.0 Å². The summed E-state index contributed by atoms with van der Waals surface area (Å²) >= 11 is 0. The van der Waals surface area contributed by atoms with Crippen LogP contribution in [0.5, 0.6) is 0 Å². The van der Waals surface area contributed by atoms with Crippen molar-refractivity contribution in [2.24, 2.45) is 0 Å². The van der Waals surface area contributed by atoms with E-state index in [2.05, 4.69) is 5.32 Å². The van der Waals surface area contributed by atoms with Crippen LogP contribution in [0.1, 0.15) is 19.3 Å². The van der Waals surface area contributed by atoms with Crippen LogP contribution in [-0.2, 0) is 24.9 Å². The van der Waals surface area contributed by atoms with Gasteiger partial charge in [-0.25, -0.2) is 8.42 Å². The Morgan fingerprint density at radius 1 is 1.23 bits per heavy atom. The first-order chi connectivity index (χ1) is 12.0. The lowest BCUT2D eigenvalue weighted by atomic mass is 10.1. The van der Waals surface area contributed by atoms with Gasteiger partial charge in [-0.15, -0.1) is 0 Å². The van der Waals surface area contributed by atoms with Gasteiger partial charge in [-0.05, 0) is 25.0 Å². The van der Waals surface area contributed by atoms with Crippen molar-refractivity contribution in [1.82, 2.24) is 9.62 Å². The summed E-state index contributed by atoms with van der Waals surface area (Å²) in [6, 6.07) is 10.1. The Labute approximate surface area is 153 Å². The summed E-state index contributed by atoms with van der Waals surface area (Å²) in [4.78, 5) is 11.6. The Kier molecular flexibility index (Phi) is 8.16. The molecule has 26 heavy (non-hydrogen) atoms. The molecule has 1 fully saturated rings. The second-order valence-corrected chi connectivity index (χ2v) is 9.03. The zero-order chi connectivity index (χ0) is 19.8. The van der Waals surface area contributed by atoms with E-state index in [1.54, 1.807) is 36.4 Å². The van der Waals surface area contributed by atoms with Crippen LogP contribution >= 0.6 is 0 Å². The highest BCUT2D eigenvalue weighted by atomic mass is 32.2. The molecule has 2 N–H and O–H groups in total. The Morgan fingerprint density at radius 2 is 1.73 bits per heavy atom. The molecule has 0 radical (unpaired) electrons. The summed E-state index contributed by atoms with van der Waals surface area (Å²) in [5.41, 5.74) is 0. The predicted octanol–water partition coefficient (Wildman–Crippen LogP) is 0.374. The second-order valence-electron chi connectivity index (χ2n) is 5.63. The first kappa shape index (κ1) is 22.0. The molecule has 9 nitrogen and oxygen atoms in total. The van der Waals surface area contributed by atoms with Gasteiger partial charge in [0.15, 0.2) is 0 Å². The van der Waals surface area contributed by atoms with Gasteiger partial charge in [0.2, 0.25) is 15.9 Å². The van der Waals surface area contributed by atoms with Crippen LogP contribution in [0.3, 0.4) is 0 Å². The molecule has 1 aromatic carbocycles. The van der Waals surface area contributed by atoms with Crippen molar-refractivity contribution in [3.63, 3.8) is 0 Å². The number of nitrogens with one attached hydrogen (secondary N) is 1. The van der Waals surface area contributed by atoms with Crippen molar-refractivity contribution in [3.05, 3.63) is 30.3 Å². The predicted molar refractivity (Wildman–Crippen MR) is 94.1 cm³/mol. The number of carbonyl (C=O) groups is 1. The summed E-state index contributed by atoms with van der Waals surface area (Å²) in [5.74, 6) is -0.304. The Morgan fingerprint density at radius 3 is 2.19 bits per heavy atom. The first-order valence-corrected chi connectivity index (χ1v) is 11.0. The molecular formula is C15H21N3O6S2. The van der Waals surface area contributed by atoms with E-state index >= 15 is 0 Å². The molecule has 0 unspecified atom stereocenters. The molecule has 0 aromatic heterocycles. The third-order valence-electron chi connectivity index (χ3n) is 3.44. The summed E-state index contributed by atoms with van der Waals surface area (Å²) in [6.07, 6.45) is 1.67. The number of hydrogen-bond acceptors (Lipinski definition) is 6. The molecule has 1 saturated heterocycles. The van der Waals surface area contributed by atoms with Gasteiger partial charge in [0.25, 0.3) is 10.1 Å². The molecule has 0 aliphatic carbocycles. The third-order valence-corrected chi connectivity index (χ3v) is 5.35. The standard InChI is InChI=1S/C14H17N3O3S.CH4O3S/c15-9-6-14(18)16-12-7-10-17(11-8-12)21(19,20)13-4-2-1-3-5-13;1-5(2,3)4/h1-5,12H,6-8,10-11H2,(H,16,18);1H3,(H,2,3,4). The van der Waals surface area contributed by atoms with Crippen LogP contribution in [0.2, 0.25) is 0 Å². The van der Waals surface area contributed by atoms with Gasteiger partial charge in [-0.3, -0.25) is 9.35 Å².